The van der Waals surface area contributed by atoms with E-state index in [1.165, 1.54) is 38.8 Å². The summed E-state index contributed by atoms with van der Waals surface area (Å²) >= 11 is 4.09. The molecule has 3 saturated heterocycles. The fourth-order valence-electron chi connectivity index (χ4n) is 6.54. The van der Waals surface area contributed by atoms with Gasteiger partial charge in [0.2, 0.25) is 0 Å². The van der Waals surface area contributed by atoms with E-state index in [2.05, 4.69) is 20.9 Å². The number of alkyl halides is 1. The van der Waals surface area contributed by atoms with Gasteiger partial charge in [0.1, 0.15) is 17.5 Å². The molecular formula is C28H38BrN2O3+. The summed E-state index contributed by atoms with van der Waals surface area (Å²) in [5.41, 5.74) is -0.0611. The predicted octanol–water partition coefficient (Wildman–Crippen LogP) is 5.28. The highest BCUT2D eigenvalue weighted by atomic mass is 79.9. The first kappa shape index (κ1) is 24.2. The van der Waals surface area contributed by atoms with Crippen molar-refractivity contribution >= 4 is 15.9 Å². The normalized spacial score (nSPS) is 30.8. The number of aromatic nitrogens is 1. The van der Waals surface area contributed by atoms with Crippen molar-refractivity contribution < 1.29 is 19.1 Å². The molecule has 6 rings (SSSR count). The Morgan fingerprint density at radius 1 is 1.03 bits per heavy atom. The van der Waals surface area contributed by atoms with E-state index in [1.54, 1.807) is 6.20 Å². The molecule has 4 fully saturated rings. The Morgan fingerprint density at radius 2 is 1.79 bits per heavy atom. The molecule has 0 radical (unpaired) electrons. The predicted molar refractivity (Wildman–Crippen MR) is 137 cm³/mol. The maximum absolute atomic E-state index is 11.9. The van der Waals surface area contributed by atoms with Crippen LogP contribution < -0.4 is 4.74 Å². The Kier molecular flexibility index (Phi) is 7.59. The van der Waals surface area contributed by atoms with Gasteiger partial charge in [-0.15, -0.1) is 0 Å². The summed E-state index contributed by atoms with van der Waals surface area (Å²) in [5.74, 6) is 1.74. The summed E-state index contributed by atoms with van der Waals surface area (Å²) in [6, 6.07) is 14.0. The number of halogens is 1. The van der Waals surface area contributed by atoms with E-state index >= 15 is 0 Å². The minimum atomic E-state index is -0.960. The zero-order chi connectivity index (χ0) is 23.4. The second-order valence-electron chi connectivity index (χ2n) is 10.5. The van der Waals surface area contributed by atoms with Crippen molar-refractivity contribution in [3.05, 3.63) is 60.4 Å². The van der Waals surface area contributed by atoms with Crippen LogP contribution in [0.25, 0.3) is 0 Å². The Bertz CT molecular complexity index is 900. The molecule has 0 amide bonds. The number of quaternary nitrogens is 1. The fourth-order valence-corrected chi connectivity index (χ4v) is 7.74. The SMILES string of the molecule is OC(CO[C@@H]1C2CC[N+](CCCOc3ccccc3)(CC2)[C@@H]1Br)(c1cccnc1)C1CCCC1. The molecule has 4 aliphatic rings. The quantitative estimate of drug-likeness (QED) is 0.197. The highest BCUT2D eigenvalue weighted by Crippen LogP contribution is 2.45. The molecule has 184 valence electrons. The highest BCUT2D eigenvalue weighted by Gasteiger charge is 2.54. The van der Waals surface area contributed by atoms with Gasteiger partial charge in [-0.25, -0.2) is 0 Å². The molecule has 3 aliphatic heterocycles. The van der Waals surface area contributed by atoms with E-state index in [1.807, 2.05) is 48.7 Å². The molecule has 34 heavy (non-hydrogen) atoms. The number of para-hydroxylation sites is 1. The first-order chi connectivity index (χ1) is 16.6. The molecule has 4 heterocycles. The number of hydrogen-bond acceptors (Lipinski definition) is 4. The average molecular weight is 531 g/mol. The van der Waals surface area contributed by atoms with Crippen LogP contribution in [0.3, 0.4) is 0 Å². The van der Waals surface area contributed by atoms with Gasteiger partial charge in [-0.05, 0) is 52.9 Å². The van der Waals surface area contributed by atoms with E-state index in [9.17, 15) is 5.11 Å². The smallest absolute Gasteiger partial charge is 0.171 e. The largest absolute Gasteiger partial charge is 0.493 e. The van der Waals surface area contributed by atoms with Crippen LogP contribution in [0.4, 0.5) is 0 Å². The highest BCUT2D eigenvalue weighted by molar-refractivity contribution is 9.09. The maximum atomic E-state index is 11.9. The third kappa shape index (κ3) is 4.92. The minimum Gasteiger partial charge on any atom is -0.493 e. The first-order valence-electron chi connectivity index (χ1n) is 13.0. The Labute approximate surface area is 212 Å². The minimum absolute atomic E-state index is 0.127. The molecule has 0 spiro atoms. The van der Waals surface area contributed by atoms with Crippen LogP contribution in [0.2, 0.25) is 0 Å². The Balaban J connectivity index is 1.23. The van der Waals surface area contributed by atoms with Gasteiger partial charge >= 0.3 is 0 Å². The standard InChI is InChI=1S/C28H38BrN2O3/c29-27-26(34-21-28(32,23-8-4-5-9-23)24-10-6-15-30-20-24)22-13-17-31(27,18-14-22)16-7-19-33-25-11-2-1-3-12-25/h1-3,6,10-12,15,20,22-23,26-27,32H,4-5,7-9,13-14,16-19,21H2/q+1/t22?,26-,27+,28?,31?/m1/s1. The molecule has 2 aromatic rings. The zero-order valence-electron chi connectivity index (χ0n) is 20.0. The van der Waals surface area contributed by atoms with Crippen molar-refractivity contribution in [2.75, 3.05) is 32.8 Å². The number of ether oxygens (including phenoxy) is 2. The molecule has 6 heteroatoms. The fraction of sp³-hybridized carbons (Fsp3) is 0.607. The topological polar surface area (TPSA) is 51.6 Å². The van der Waals surface area contributed by atoms with Crippen LogP contribution >= 0.6 is 15.9 Å². The number of fused-ring (bicyclic) bond motifs is 3. The van der Waals surface area contributed by atoms with Gasteiger partial charge in [-0.2, -0.15) is 0 Å². The lowest BCUT2D eigenvalue weighted by Gasteiger charge is -2.56. The van der Waals surface area contributed by atoms with Crippen molar-refractivity contribution in [1.82, 2.24) is 4.98 Å². The lowest BCUT2D eigenvalue weighted by Crippen LogP contribution is -2.68. The van der Waals surface area contributed by atoms with Crippen LogP contribution in [0.5, 0.6) is 5.75 Å². The van der Waals surface area contributed by atoms with Gasteiger partial charge in [0.25, 0.3) is 0 Å². The number of pyridine rings is 1. The van der Waals surface area contributed by atoms with Crippen molar-refractivity contribution in [3.63, 3.8) is 0 Å². The lowest BCUT2D eigenvalue weighted by molar-refractivity contribution is -0.955. The summed E-state index contributed by atoms with van der Waals surface area (Å²) in [7, 11) is 0. The summed E-state index contributed by atoms with van der Waals surface area (Å²) < 4.78 is 13.7. The summed E-state index contributed by atoms with van der Waals surface area (Å²) in [4.78, 5) is 4.57. The third-order valence-corrected chi connectivity index (χ3v) is 9.99. The number of rotatable bonds is 10. The van der Waals surface area contributed by atoms with Gasteiger partial charge in [0, 0.05) is 43.1 Å². The van der Waals surface area contributed by atoms with Gasteiger partial charge in [-0.3, -0.25) is 4.98 Å². The van der Waals surface area contributed by atoms with Crippen molar-refractivity contribution in [1.29, 1.82) is 0 Å². The van der Waals surface area contributed by atoms with E-state index in [0.29, 0.717) is 12.5 Å². The van der Waals surface area contributed by atoms with Gasteiger partial charge in [0.15, 0.2) is 4.95 Å². The number of nitrogens with zero attached hydrogens (tertiary/aromatic N) is 2. The maximum Gasteiger partial charge on any atom is 0.171 e. The van der Waals surface area contributed by atoms with Gasteiger partial charge in [0.05, 0.1) is 32.8 Å². The molecule has 1 aliphatic carbocycles. The van der Waals surface area contributed by atoms with Crippen molar-refractivity contribution in [2.24, 2.45) is 11.8 Å². The molecular weight excluding hydrogens is 492 g/mol. The van der Waals surface area contributed by atoms with Crippen LogP contribution in [0.1, 0.15) is 50.5 Å². The number of hydrogen-bond donors (Lipinski definition) is 1. The Morgan fingerprint density at radius 3 is 2.50 bits per heavy atom. The molecule has 2 bridgehead atoms. The molecule has 5 nitrogen and oxygen atoms in total. The van der Waals surface area contributed by atoms with E-state index in [4.69, 9.17) is 9.47 Å². The molecule has 1 aromatic carbocycles. The van der Waals surface area contributed by atoms with Crippen LogP contribution in [0, 0.1) is 11.8 Å². The molecule has 1 saturated carbocycles. The number of benzene rings is 1. The molecule has 3 atom stereocenters. The van der Waals surface area contributed by atoms with Crippen LogP contribution in [-0.4, -0.2) is 58.5 Å². The summed E-state index contributed by atoms with van der Waals surface area (Å²) in [6.07, 6.45) is 11.6. The molecule has 1 aromatic heterocycles. The van der Waals surface area contributed by atoms with E-state index in [0.717, 1.165) is 48.2 Å². The van der Waals surface area contributed by atoms with Gasteiger partial charge in [-0.1, -0.05) is 37.1 Å². The Hall–Kier alpha value is -1.47. The summed E-state index contributed by atoms with van der Waals surface area (Å²) in [5, 5.41) is 11.9. The third-order valence-electron chi connectivity index (χ3n) is 8.60. The van der Waals surface area contributed by atoms with E-state index in [-0.39, 0.29) is 17.0 Å². The monoisotopic (exact) mass is 529 g/mol. The second kappa shape index (κ2) is 10.7. The lowest BCUT2D eigenvalue weighted by atomic mass is 9.80. The average Bonchev–Trinajstić information content (AvgIpc) is 3.44. The van der Waals surface area contributed by atoms with Gasteiger partial charge < -0.3 is 19.1 Å². The molecule has 1 unspecified atom stereocenters. The van der Waals surface area contributed by atoms with Crippen molar-refractivity contribution in [3.8, 4) is 5.75 Å². The van der Waals surface area contributed by atoms with Crippen LogP contribution in [-0.2, 0) is 10.3 Å². The summed E-state index contributed by atoms with van der Waals surface area (Å²) in [6.45, 7) is 4.57. The molecule has 1 N–H and O–H groups in total. The number of piperidine rings is 3. The first-order valence-corrected chi connectivity index (χ1v) is 13.9. The van der Waals surface area contributed by atoms with Crippen LogP contribution in [0.15, 0.2) is 54.9 Å². The number of aliphatic hydroxyl groups is 1. The second-order valence-corrected chi connectivity index (χ2v) is 11.5. The zero-order valence-corrected chi connectivity index (χ0v) is 21.6. The van der Waals surface area contributed by atoms with E-state index < -0.39 is 5.60 Å². The van der Waals surface area contributed by atoms with Crippen molar-refractivity contribution in [2.45, 2.75) is 61.6 Å².